The molecule has 0 bridgehead atoms. The predicted molar refractivity (Wildman–Crippen MR) is 165 cm³/mol. The highest BCUT2D eigenvalue weighted by atomic mass is 16.1. The molecule has 0 aromatic heterocycles. The van der Waals surface area contributed by atoms with Crippen molar-refractivity contribution in [2.45, 2.75) is 113 Å². The van der Waals surface area contributed by atoms with Crippen LogP contribution < -0.4 is 11.5 Å². The van der Waals surface area contributed by atoms with Crippen LogP contribution in [-0.2, 0) is 0 Å². The number of fused-ring (bicyclic) bond motifs is 5. The zero-order valence-corrected chi connectivity index (χ0v) is 26.0. The first-order valence-electron chi connectivity index (χ1n) is 16.1. The number of allylic oxidation sites excluding steroid dienone is 2. The van der Waals surface area contributed by atoms with E-state index in [9.17, 15) is 4.79 Å². The summed E-state index contributed by atoms with van der Waals surface area (Å²) in [6, 6.07) is 5.41. The summed E-state index contributed by atoms with van der Waals surface area (Å²) in [5.74, 6) is 5.17. The van der Waals surface area contributed by atoms with Crippen molar-refractivity contribution in [2.75, 3.05) is 11.5 Å². The van der Waals surface area contributed by atoms with E-state index in [0.717, 1.165) is 36.0 Å². The second-order valence-electron chi connectivity index (χ2n) is 15.7. The van der Waals surface area contributed by atoms with Gasteiger partial charge in [0.2, 0.25) is 0 Å². The molecule has 0 radical (unpaired) electrons. The second-order valence-corrected chi connectivity index (χ2v) is 15.7. The van der Waals surface area contributed by atoms with Crippen LogP contribution in [0.25, 0.3) is 0 Å². The van der Waals surface area contributed by atoms with E-state index in [4.69, 9.17) is 11.5 Å². The number of rotatable bonds is 6. The molecule has 4 N–H and O–H groups in total. The highest BCUT2D eigenvalue weighted by molar-refractivity contribution is 6.00. The Balaban J connectivity index is 1.34. The van der Waals surface area contributed by atoms with Crippen LogP contribution in [0.1, 0.15) is 123 Å². The SMILES string of the molecule is CC(C)=CCCC(C)C1CCC2C3CCC4C(C)(C)C(C(=O)c5cc(N)cc(N)c5)CCC4(C)C3CCC12C. The molecule has 0 heterocycles. The van der Waals surface area contributed by atoms with Crippen molar-refractivity contribution in [2.24, 2.45) is 57.7 Å². The van der Waals surface area contributed by atoms with E-state index < -0.39 is 0 Å². The van der Waals surface area contributed by atoms with Crippen molar-refractivity contribution in [3.05, 3.63) is 35.4 Å². The first kappa shape index (κ1) is 28.7. The van der Waals surface area contributed by atoms with Gasteiger partial charge in [-0.2, -0.15) is 0 Å². The van der Waals surface area contributed by atoms with Crippen molar-refractivity contribution >= 4 is 17.2 Å². The highest BCUT2D eigenvalue weighted by Crippen LogP contribution is 2.71. The minimum atomic E-state index is -0.0210. The molecular weight excluding hydrogens is 476 g/mol. The van der Waals surface area contributed by atoms with Crippen LogP contribution in [0.15, 0.2) is 29.8 Å². The van der Waals surface area contributed by atoms with Gasteiger partial charge in [0, 0.05) is 22.9 Å². The van der Waals surface area contributed by atoms with Crippen molar-refractivity contribution in [1.82, 2.24) is 0 Å². The molecule has 5 rings (SSSR count). The van der Waals surface area contributed by atoms with Gasteiger partial charge in [0.15, 0.2) is 5.78 Å². The van der Waals surface area contributed by atoms with Crippen LogP contribution >= 0.6 is 0 Å². The van der Waals surface area contributed by atoms with Crippen LogP contribution in [0, 0.1) is 57.7 Å². The Kier molecular flexibility index (Phi) is 7.56. The Morgan fingerprint density at radius 3 is 2.21 bits per heavy atom. The molecule has 4 fully saturated rings. The lowest BCUT2D eigenvalue weighted by molar-refractivity contribution is -0.157. The van der Waals surface area contributed by atoms with Crippen LogP contribution in [0.4, 0.5) is 11.4 Å². The van der Waals surface area contributed by atoms with Gasteiger partial charge in [-0.15, -0.1) is 0 Å². The fourth-order valence-electron chi connectivity index (χ4n) is 11.4. The summed E-state index contributed by atoms with van der Waals surface area (Å²) >= 11 is 0. The van der Waals surface area contributed by atoms with Crippen LogP contribution in [-0.4, -0.2) is 5.78 Å². The molecule has 4 aliphatic rings. The quantitative estimate of drug-likeness (QED) is 0.218. The third-order valence-electron chi connectivity index (χ3n) is 13.2. The topological polar surface area (TPSA) is 69.1 Å². The van der Waals surface area contributed by atoms with Gasteiger partial charge in [0.05, 0.1) is 0 Å². The number of nitrogen functional groups attached to an aromatic ring is 2. The average Bonchev–Trinajstić information content (AvgIpc) is 3.20. The number of hydrogen-bond acceptors (Lipinski definition) is 3. The molecule has 9 unspecified atom stereocenters. The summed E-state index contributed by atoms with van der Waals surface area (Å²) in [6.45, 7) is 17.1. The van der Waals surface area contributed by atoms with E-state index in [1.54, 1.807) is 6.07 Å². The van der Waals surface area contributed by atoms with Crippen molar-refractivity contribution < 1.29 is 4.79 Å². The van der Waals surface area contributed by atoms with Gasteiger partial charge in [-0.1, -0.05) is 46.3 Å². The van der Waals surface area contributed by atoms with E-state index in [2.05, 4.69) is 54.5 Å². The molecule has 3 heteroatoms. The molecule has 0 aliphatic heterocycles. The van der Waals surface area contributed by atoms with Gasteiger partial charge in [-0.3, -0.25) is 4.79 Å². The van der Waals surface area contributed by atoms with Crippen molar-refractivity contribution in [1.29, 1.82) is 0 Å². The monoisotopic (exact) mass is 532 g/mol. The number of ketones is 1. The zero-order chi connectivity index (χ0) is 28.3. The van der Waals surface area contributed by atoms with Gasteiger partial charge in [0.25, 0.3) is 0 Å². The number of benzene rings is 1. The number of nitrogens with two attached hydrogens (primary N) is 2. The third kappa shape index (κ3) is 4.78. The van der Waals surface area contributed by atoms with E-state index in [1.165, 1.54) is 63.4 Å². The lowest BCUT2D eigenvalue weighted by atomic mass is 9.39. The number of Topliss-reactive ketones (excluding diaryl/α,β-unsaturated/α-hetero) is 1. The zero-order valence-electron chi connectivity index (χ0n) is 26.0. The average molecular weight is 533 g/mol. The Morgan fingerprint density at radius 2 is 1.54 bits per heavy atom. The Hall–Kier alpha value is -1.77. The Morgan fingerprint density at radius 1 is 0.897 bits per heavy atom. The molecule has 9 atom stereocenters. The van der Waals surface area contributed by atoms with Crippen molar-refractivity contribution in [3.8, 4) is 0 Å². The second kappa shape index (κ2) is 10.3. The molecular formula is C36H56N2O. The summed E-state index contributed by atoms with van der Waals surface area (Å²) in [5, 5.41) is 0. The minimum absolute atomic E-state index is 0.0210. The fraction of sp³-hybridized carbons (Fsp3) is 0.750. The number of anilines is 2. The van der Waals surface area contributed by atoms with Crippen LogP contribution in [0.3, 0.4) is 0 Å². The maximum atomic E-state index is 13.9. The summed E-state index contributed by atoms with van der Waals surface area (Å²) in [4.78, 5) is 13.9. The summed E-state index contributed by atoms with van der Waals surface area (Å²) in [7, 11) is 0. The first-order chi connectivity index (χ1) is 18.3. The van der Waals surface area contributed by atoms with Crippen LogP contribution in [0.5, 0.6) is 0 Å². The van der Waals surface area contributed by atoms with E-state index in [-0.39, 0.29) is 17.1 Å². The molecule has 1 aromatic rings. The Bertz CT molecular complexity index is 1090. The maximum Gasteiger partial charge on any atom is 0.166 e. The number of hydrogen-bond donors (Lipinski definition) is 2. The van der Waals surface area contributed by atoms with Crippen LogP contribution in [0.2, 0.25) is 0 Å². The van der Waals surface area contributed by atoms with E-state index in [0.29, 0.717) is 33.7 Å². The third-order valence-corrected chi connectivity index (χ3v) is 13.2. The smallest absolute Gasteiger partial charge is 0.166 e. The summed E-state index contributed by atoms with van der Waals surface area (Å²) in [6.07, 6.45) is 15.5. The molecule has 0 spiro atoms. The lowest BCUT2D eigenvalue weighted by Gasteiger charge is -2.65. The number of carbonyl (C=O) groups is 1. The molecule has 0 amide bonds. The number of carbonyl (C=O) groups excluding carboxylic acids is 1. The normalized spacial score (nSPS) is 39.7. The molecule has 216 valence electrons. The first-order valence-corrected chi connectivity index (χ1v) is 16.1. The van der Waals surface area contributed by atoms with Gasteiger partial charge >= 0.3 is 0 Å². The summed E-state index contributed by atoms with van der Waals surface area (Å²) < 4.78 is 0. The Labute approximate surface area is 239 Å². The largest absolute Gasteiger partial charge is 0.399 e. The van der Waals surface area contributed by atoms with Gasteiger partial charge in [-0.25, -0.2) is 0 Å². The van der Waals surface area contributed by atoms with Gasteiger partial charge in [0.1, 0.15) is 0 Å². The van der Waals surface area contributed by atoms with E-state index in [1.807, 2.05) is 12.1 Å². The lowest BCUT2D eigenvalue weighted by Crippen LogP contribution is -2.59. The minimum Gasteiger partial charge on any atom is -0.399 e. The van der Waals surface area contributed by atoms with E-state index >= 15 is 0 Å². The molecule has 3 nitrogen and oxygen atoms in total. The molecule has 4 aliphatic carbocycles. The standard InChI is InChI=1S/C36H56N2O/c1-22(2)9-8-10-23(3)28-12-13-29-27-11-14-32-34(4,5)31(33(39)24-19-25(37)21-26(38)20-24)16-18-36(32,7)30(27)15-17-35(28,29)6/h9,19-21,23,27-32H,8,10-18,37-38H2,1-7H3. The van der Waals surface area contributed by atoms with Gasteiger partial charge < -0.3 is 11.5 Å². The maximum absolute atomic E-state index is 13.9. The van der Waals surface area contributed by atoms with Gasteiger partial charge in [-0.05, 0) is 148 Å². The summed E-state index contributed by atoms with van der Waals surface area (Å²) in [5.41, 5.74) is 16.3. The van der Waals surface area contributed by atoms with Crippen molar-refractivity contribution in [3.63, 3.8) is 0 Å². The highest BCUT2D eigenvalue weighted by Gasteiger charge is 2.64. The molecule has 0 saturated heterocycles. The fourth-order valence-corrected chi connectivity index (χ4v) is 11.4. The molecule has 1 aromatic carbocycles. The molecule has 4 saturated carbocycles. The molecule has 39 heavy (non-hydrogen) atoms. The predicted octanol–water partition coefficient (Wildman–Crippen LogP) is 9.33.